The van der Waals surface area contributed by atoms with Crippen LogP contribution >= 0.6 is 23.2 Å². The molecule has 1 saturated heterocycles. The molecule has 2 N–H and O–H groups in total. The minimum atomic E-state index is -4.02. The van der Waals surface area contributed by atoms with Gasteiger partial charge in [-0.15, -0.1) is 0 Å². The average Bonchev–Trinajstić information content (AvgIpc) is 3.18. The molecule has 176 valence electrons. The molecule has 1 unspecified atom stereocenters. The van der Waals surface area contributed by atoms with Gasteiger partial charge in [-0.1, -0.05) is 54.4 Å². The van der Waals surface area contributed by atoms with Crippen LogP contribution in [-0.2, 0) is 21.2 Å². The number of nitrogens with one attached hydrogen (secondary N) is 2. The van der Waals surface area contributed by atoms with Crippen molar-refractivity contribution in [1.82, 2.24) is 14.6 Å². The van der Waals surface area contributed by atoms with Crippen LogP contribution in [0.3, 0.4) is 0 Å². The van der Waals surface area contributed by atoms with E-state index in [0.717, 1.165) is 18.4 Å². The molecule has 0 bridgehead atoms. The number of carbonyl (C=O) groups is 1. The van der Waals surface area contributed by atoms with Gasteiger partial charge in [0.05, 0.1) is 9.92 Å². The predicted octanol–water partition coefficient (Wildman–Crippen LogP) is 5.01. The zero-order valence-corrected chi connectivity index (χ0v) is 20.7. The van der Waals surface area contributed by atoms with Crippen LogP contribution < -0.4 is 4.72 Å². The maximum absolute atomic E-state index is 13.4. The first-order valence-corrected chi connectivity index (χ1v) is 13.3. The highest BCUT2D eigenvalue weighted by molar-refractivity contribution is 7.89. The number of hydrogen-bond donors (Lipinski definition) is 2. The predicted molar refractivity (Wildman–Crippen MR) is 132 cm³/mol. The summed E-state index contributed by atoms with van der Waals surface area (Å²) in [6.45, 7) is 3.42. The Kier molecular flexibility index (Phi) is 7.34. The van der Waals surface area contributed by atoms with Gasteiger partial charge in [-0.3, -0.25) is 4.79 Å². The monoisotopic (exact) mass is 507 g/mol. The number of aryl methyl sites for hydroxylation is 1. The summed E-state index contributed by atoms with van der Waals surface area (Å²) in [4.78, 5) is 18.2. The molecule has 0 radical (unpaired) electrons. The summed E-state index contributed by atoms with van der Waals surface area (Å²) in [5.41, 5.74) is 1.49. The number of hydrogen-bond acceptors (Lipinski definition) is 3. The lowest BCUT2D eigenvalue weighted by Gasteiger charge is -2.33. The SMILES string of the molecule is CC1CCN(C(=O)C(CCc2ccccc2Cl)NS(=O)(=O)c2cccc3[nH]cc(Cl)c23)CC1. The van der Waals surface area contributed by atoms with Gasteiger partial charge in [0, 0.05) is 35.2 Å². The number of piperidine rings is 1. The van der Waals surface area contributed by atoms with Crippen LogP contribution in [0.4, 0.5) is 0 Å². The van der Waals surface area contributed by atoms with Gasteiger partial charge in [0.1, 0.15) is 6.04 Å². The Morgan fingerprint density at radius 2 is 1.85 bits per heavy atom. The largest absolute Gasteiger partial charge is 0.360 e. The molecule has 2 heterocycles. The summed E-state index contributed by atoms with van der Waals surface area (Å²) in [5, 5.41) is 1.33. The van der Waals surface area contributed by atoms with E-state index in [2.05, 4.69) is 16.6 Å². The first kappa shape index (κ1) is 24.1. The number of H-pyrrole nitrogens is 1. The van der Waals surface area contributed by atoms with Gasteiger partial charge in [-0.05, 0) is 55.4 Å². The van der Waals surface area contributed by atoms with Gasteiger partial charge < -0.3 is 9.88 Å². The van der Waals surface area contributed by atoms with Crippen molar-refractivity contribution in [1.29, 1.82) is 0 Å². The molecule has 1 aliphatic heterocycles. The van der Waals surface area contributed by atoms with Crippen molar-refractivity contribution < 1.29 is 13.2 Å². The van der Waals surface area contributed by atoms with Crippen molar-refractivity contribution in [2.24, 2.45) is 5.92 Å². The van der Waals surface area contributed by atoms with E-state index in [1.165, 1.54) is 6.07 Å². The van der Waals surface area contributed by atoms with Crippen LogP contribution in [-0.4, -0.2) is 43.3 Å². The van der Waals surface area contributed by atoms with E-state index in [1.807, 2.05) is 18.2 Å². The van der Waals surface area contributed by atoms with Crippen LogP contribution in [0, 0.1) is 5.92 Å². The highest BCUT2D eigenvalue weighted by atomic mass is 35.5. The second kappa shape index (κ2) is 10.1. The number of rotatable bonds is 7. The number of sulfonamides is 1. The van der Waals surface area contributed by atoms with Gasteiger partial charge in [-0.2, -0.15) is 4.72 Å². The lowest BCUT2D eigenvalue weighted by atomic mass is 9.98. The van der Waals surface area contributed by atoms with Crippen molar-refractivity contribution >= 4 is 50.0 Å². The lowest BCUT2D eigenvalue weighted by molar-refractivity contribution is -0.134. The van der Waals surface area contributed by atoms with E-state index in [0.29, 0.717) is 52.8 Å². The number of amides is 1. The summed E-state index contributed by atoms with van der Waals surface area (Å²) >= 11 is 12.6. The molecule has 9 heteroatoms. The highest BCUT2D eigenvalue weighted by Gasteiger charge is 2.32. The Labute approximate surface area is 204 Å². The van der Waals surface area contributed by atoms with Crippen molar-refractivity contribution in [2.45, 2.75) is 43.5 Å². The van der Waals surface area contributed by atoms with E-state index in [9.17, 15) is 13.2 Å². The third-order valence-electron chi connectivity index (χ3n) is 6.26. The highest BCUT2D eigenvalue weighted by Crippen LogP contribution is 2.30. The first-order chi connectivity index (χ1) is 15.8. The summed E-state index contributed by atoms with van der Waals surface area (Å²) in [5.74, 6) is 0.352. The fraction of sp³-hybridized carbons (Fsp3) is 0.375. The Hall–Kier alpha value is -2.06. The minimum Gasteiger partial charge on any atom is -0.360 e. The number of benzene rings is 2. The summed E-state index contributed by atoms with van der Waals surface area (Å²) in [7, 11) is -4.02. The molecule has 1 amide bonds. The minimum absolute atomic E-state index is 0.0501. The maximum Gasteiger partial charge on any atom is 0.242 e. The van der Waals surface area contributed by atoms with Gasteiger partial charge in [0.25, 0.3) is 0 Å². The fourth-order valence-electron chi connectivity index (χ4n) is 4.27. The molecule has 3 aromatic rings. The number of halogens is 2. The number of aromatic nitrogens is 1. The summed E-state index contributed by atoms with van der Waals surface area (Å²) < 4.78 is 29.6. The number of carbonyl (C=O) groups excluding carboxylic acids is 1. The molecule has 33 heavy (non-hydrogen) atoms. The fourth-order valence-corrected chi connectivity index (χ4v) is 6.28. The topological polar surface area (TPSA) is 82.3 Å². The van der Waals surface area contributed by atoms with Crippen LogP contribution in [0.15, 0.2) is 53.6 Å². The first-order valence-electron chi connectivity index (χ1n) is 11.1. The van der Waals surface area contributed by atoms with Crippen LogP contribution in [0.2, 0.25) is 10.0 Å². The van der Waals surface area contributed by atoms with E-state index in [4.69, 9.17) is 23.2 Å². The van der Waals surface area contributed by atoms with Crippen molar-refractivity contribution in [3.8, 4) is 0 Å². The Balaban J connectivity index is 1.62. The van der Waals surface area contributed by atoms with E-state index < -0.39 is 16.1 Å². The maximum atomic E-state index is 13.4. The summed E-state index contributed by atoms with van der Waals surface area (Å²) in [6, 6.07) is 11.4. The number of likely N-dealkylation sites (tertiary alicyclic amines) is 1. The molecule has 4 rings (SSSR count). The zero-order chi connectivity index (χ0) is 23.6. The third-order valence-corrected chi connectivity index (χ3v) is 8.44. The Morgan fingerprint density at radius 1 is 1.12 bits per heavy atom. The molecular formula is C24H27Cl2N3O3S. The van der Waals surface area contributed by atoms with Crippen LogP contribution in [0.1, 0.15) is 31.7 Å². The van der Waals surface area contributed by atoms with Gasteiger partial charge in [0.15, 0.2) is 0 Å². The van der Waals surface area contributed by atoms with Crippen molar-refractivity contribution in [3.63, 3.8) is 0 Å². The average molecular weight is 508 g/mol. The zero-order valence-electron chi connectivity index (χ0n) is 18.4. The molecule has 0 spiro atoms. The van der Waals surface area contributed by atoms with E-state index in [1.54, 1.807) is 29.3 Å². The molecule has 6 nitrogen and oxygen atoms in total. The van der Waals surface area contributed by atoms with Crippen molar-refractivity contribution in [3.05, 3.63) is 64.3 Å². The second-order valence-corrected chi connectivity index (χ2v) is 11.1. The number of fused-ring (bicyclic) bond motifs is 1. The van der Waals surface area contributed by atoms with Gasteiger partial charge in [0.2, 0.25) is 15.9 Å². The molecule has 1 fully saturated rings. The van der Waals surface area contributed by atoms with E-state index >= 15 is 0 Å². The molecule has 1 aliphatic rings. The molecule has 1 aromatic heterocycles. The van der Waals surface area contributed by atoms with Gasteiger partial charge >= 0.3 is 0 Å². The van der Waals surface area contributed by atoms with Crippen LogP contribution in [0.25, 0.3) is 10.9 Å². The lowest BCUT2D eigenvalue weighted by Crippen LogP contribution is -2.50. The van der Waals surface area contributed by atoms with Gasteiger partial charge in [-0.25, -0.2) is 8.42 Å². The number of aromatic amines is 1. The molecule has 2 aromatic carbocycles. The molecule has 0 aliphatic carbocycles. The molecular weight excluding hydrogens is 481 g/mol. The standard InChI is InChI=1S/C24H27Cl2N3O3S/c1-16-11-13-29(14-12-16)24(30)21(10-9-17-5-2-3-6-18(17)25)28-33(31,32)22-8-4-7-20-23(22)19(26)15-27-20/h2-8,15-16,21,27-28H,9-14H2,1H3. The number of nitrogens with zero attached hydrogens (tertiary/aromatic N) is 1. The molecule has 0 saturated carbocycles. The third kappa shape index (κ3) is 5.38. The summed E-state index contributed by atoms with van der Waals surface area (Å²) in [6.07, 6.45) is 4.14. The Morgan fingerprint density at radius 3 is 2.58 bits per heavy atom. The van der Waals surface area contributed by atoms with E-state index in [-0.39, 0.29) is 10.8 Å². The van der Waals surface area contributed by atoms with Crippen molar-refractivity contribution in [2.75, 3.05) is 13.1 Å². The quantitative estimate of drug-likeness (QED) is 0.471. The van der Waals surface area contributed by atoms with Crippen LogP contribution in [0.5, 0.6) is 0 Å². The second-order valence-electron chi connectivity index (χ2n) is 8.63. The normalized spacial score (nSPS) is 16.3. The molecule has 1 atom stereocenters. The smallest absolute Gasteiger partial charge is 0.242 e. The Bertz CT molecular complexity index is 1250.